The van der Waals surface area contributed by atoms with Crippen molar-refractivity contribution in [3.05, 3.63) is 77.0 Å². The normalized spacial score (nSPS) is 14.4. The third-order valence-corrected chi connectivity index (χ3v) is 5.58. The van der Waals surface area contributed by atoms with Crippen molar-refractivity contribution < 1.29 is 18.4 Å². The number of carbonyl (C=O) groups excluding carboxylic acids is 2. The Morgan fingerprint density at radius 1 is 0.871 bits per heavy atom. The predicted octanol–water partition coefficient (Wildman–Crippen LogP) is 4.23. The molecule has 3 aromatic rings. The molecule has 0 saturated carbocycles. The fourth-order valence-corrected chi connectivity index (χ4v) is 3.76. The third-order valence-electron chi connectivity index (χ3n) is 5.58. The number of aromatic nitrogens is 1. The first-order valence-electron chi connectivity index (χ1n) is 10.3. The Bertz CT molecular complexity index is 1150. The van der Waals surface area contributed by atoms with Gasteiger partial charge < -0.3 is 9.80 Å². The average Bonchev–Trinajstić information content (AvgIpc) is 2.79. The van der Waals surface area contributed by atoms with Crippen molar-refractivity contribution in [2.45, 2.75) is 19.8 Å². The van der Waals surface area contributed by atoms with Crippen molar-refractivity contribution >= 4 is 22.7 Å². The average molecular weight is 423 g/mol. The lowest BCUT2D eigenvalue weighted by atomic mass is 10.0. The van der Waals surface area contributed by atoms with Crippen molar-refractivity contribution in [1.29, 1.82) is 0 Å². The number of nitrogens with zero attached hydrogens (tertiary/aromatic N) is 3. The van der Waals surface area contributed by atoms with Gasteiger partial charge in [-0.15, -0.1) is 0 Å². The maximum Gasteiger partial charge on any atom is 0.254 e. The molecule has 0 spiro atoms. The van der Waals surface area contributed by atoms with Crippen LogP contribution in [0.4, 0.5) is 8.78 Å². The summed E-state index contributed by atoms with van der Waals surface area (Å²) in [5, 5.41) is 0.803. The molecule has 1 aliphatic heterocycles. The number of fused-ring (bicyclic) bond motifs is 1. The molecule has 31 heavy (non-hydrogen) atoms. The molecule has 7 heteroatoms. The van der Waals surface area contributed by atoms with Crippen molar-refractivity contribution in [2.75, 3.05) is 26.2 Å². The number of amides is 2. The molecular weight excluding hydrogens is 400 g/mol. The fourth-order valence-electron chi connectivity index (χ4n) is 3.76. The molecule has 2 aromatic carbocycles. The Kier molecular flexibility index (Phi) is 5.67. The van der Waals surface area contributed by atoms with E-state index in [1.807, 2.05) is 44.2 Å². The van der Waals surface area contributed by atoms with Crippen LogP contribution in [0.25, 0.3) is 10.9 Å². The van der Waals surface area contributed by atoms with Gasteiger partial charge in [-0.2, -0.15) is 0 Å². The molecular formula is C24H23F2N3O2. The second-order valence-electron chi connectivity index (χ2n) is 7.98. The van der Waals surface area contributed by atoms with Crippen LogP contribution in [0.5, 0.6) is 0 Å². The standard InChI is InChI=1S/C24H23F2N3O2/c1-15(2)22-14-18(17-5-3-4-6-21(17)27-22)24(31)29-11-9-28(10-12-29)23(30)16-7-8-19(25)20(26)13-16/h3-8,13-15H,9-12H2,1-2H3. The van der Waals surface area contributed by atoms with Crippen LogP contribution < -0.4 is 0 Å². The quantitative estimate of drug-likeness (QED) is 0.633. The van der Waals surface area contributed by atoms with E-state index in [2.05, 4.69) is 4.98 Å². The van der Waals surface area contributed by atoms with Crippen LogP contribution in [0.1, 0.15) is 46.2 Å². The zero-order chi connectivity index (χ0) is 22.1. The number of pyridine rings is 1. The number of hydrogen-bond donors (Lipinski definition) is 0. The summed E-state index contributed by atoms with van der Waals surface area (Å²) in [6.45, 7) is 5.44. The highest BCUT2D eigenvalue weighted by atomic mass is 19.2. The lowest BCUT2D eigenvalue weighted by Crippen LogP contribution is -2.50. The minimum Gasteiger partial charge on any atom is -0.335 e. The molecule has 4 rings (SSSR count). The molecule has 1 aliphatic rings. The highest BCUT2D eigenvalue weighted by Crippen LogP contribution is 2.24. The van der Waals surface area contributed by atoms with Gasteiger partial charge in [0, 0.05) is 42.8 Å². The van der Waals surface area contributed by atoms with E-state index in [1.165, 1.54) is 6.07 Å². The van der Waals surface area contributed by atoms with Gasteiger partial charge in [-0.1, -0.05) is 32.0 Å². The summed E-state index contributed by atoms with van der Waals surface area (Å²) in [6, 6.07) is 12.6. The van der Waals surface area contributed by atoms with Crippen molar-refractivity contribution in [1.82, 2.24) is 14.8 Å². The van der Waals surface area contributed by atoms with E-state index < -0.39 is 11.6 Å². The lowest BCUT2D eigenvalue weighted by Gasteiger charge is -2.35. The highest BCUT2D eigenvalue weighted by Gasteiger charge is 2.27. The molecule has 0 bridgehead atoms. The topological polar surface area (TPSA) is 53.5 Å². The third kappa shape index (κ3) is 4.13. The van der Waals surface area contributed by atoms with Crippen LogP contribution in [-0.4, -0.2) is 52.8 Å². The van der Waals surface area contributed by atoms with E-state index in [0.717, 1.165) is 28.7 Å². The summed E-state index contributed by atoms with van der Waals surface area (Å²) in [5.41, 5.74) is 2.34. The largest absolute Gasteiger partial charge is 0.335 e. The number of hydrogen-bond acceptors (Lipinski definition) is 3. The number of para-hydroxylation sites is 1. The first-order valence-corrected chi connectivity index (χ1v) is 10.3. The van der Waals surface area contributed by atoms with E-state index in [9.17, 15) is 18.4 Å². The van der Waals surface area contributed by atoms with E-state index in [-0.39, 0.29) is 23.3 Å². The fraction of sp³-hybridized carbons (Fsp3) is 0.292. The number of rotatable bonds is 3. The zero-order valence-corrected chi connectivity index (χ0v) is 17.4. The molecule has 0 aliphatic carbocycles. The molecule has 5 nitrogen and oxygen atoms in total. The van der Waals surface area contributed by atoms with E-state index >= 15 is 0 Å². The van der Waals surface area contributed by atoms with Gasteiger partial charge in [0.15, 0.2) is 11.6 Å². The van der Waals surface area contributed by atoms with E-state index in [1.54, 1.807) is 9.80 Å². The Labute approximate surface area is 179 Å². The summed E-state index contributed by atoms with van der Waals surface area (Å²) < 4.78 is 26.6. The lowest BCUT2D eigenvalue weighted by molar-refractivity contribution is 0.0536. The molecule has 0 atom stereocenters. The molecule has 2 amide bonds. The van der Waals surface area contributed by atoms with Crippen LogP contribution in [0.2, 0.25) is 0 Å². The van der Waals surface area contributed by atoms with Crippen LogP contribution in [0, 0.1) is 11.6 Å². The van der Waals surface area contributed by atoms with Gasteiger partial charge in [0.25, 0.3) is 11.8 Å². The second-order valence-corrected chi connectivity index (χ2v) is 7.98. The maximum absolute atomic E-state index is 13.5. The van der Waals surface area contributed by atoms with Crippen LogP contribution in [0.15, 0.2) is 48.5 Å². The minimum atomic E-state index is -1.05. The molecule has 160 valence electrons. The Morgan fingerprint density at radius 3 is 2.16 bits per heavy atom. The highest BCUT2D eigenvalue weighted by molar-refractivity contribution is 6.06. The van der Waals surface area contributed by atoms with Gasteiger partial charge >= 0.3 is 0 Å². The summed E-state index contributed by atoms with van der Waals surface area (Å²) in [6.07, 6.45) is 0. The van der Waals surface area contributed by atoms with Gasteiger partial charge in [-0.05, 0) is 36.2 Å². The van der Waals surface area contributed by atoms with E-state index in [4.69, 9.17) is 0 Å². The van der Waals surface area contributed by atoms with Gasteiger partial charge in [-0.3, -0.25) is 14.6 Å². The van der Waals surface area contributed by atoms with Crippen molar-refractivity contribution in [2.24, 2.45) is 0 Å². The molecule has 1 fully saturated rings. The molecule has 0 N–H and O–H groups in total. The molecule has 0 radical (unpaired) electrons. The van der Waals surface area contributed by atoms with Gasteiger partial charge in [0.1, 0.15) is 0 Å². The van der Waals surface area contributed by atoms with Crippen LogP contribution in [-0.2, 0) is 0 Å². The van der Waals surface area contributed by atoms with Crippen LogP contribution in [0.3, 0.4) is 0 Å². The number of benzene rings is 2. The molecule has 1 aromatic heterocycles. The van der Waals surface area contributed by atoms with Gasteiger partial charge in [-0.25, -0.2) is 8.78 Å². The Balaban J connectivity index is 1.52. The molecule has 1 saturated heterocycles. The first kappa shape index (κ1) is 20.9. The summed E-state index contributed by atoms with van der Waals surface area (Å²) in [5.74, 6) is -2.33. The summed E-state index contributed by atoms with van der Waals surface area (Å²) in [4.78, 5) is 33.9. The SMILES string of the molecule is CC(C)c1cc(C(=O)N2CCN(C(=O)c3ccc(F)c(F)c3)CC2)c2ccccc2n1. The van der Waals surface area contributed by atoms with Crippen molar-refractivity contribution in [3.63, 3.8) is 0 Å². The number of piperazine rings is 1. The predicted molar refractivity (Wildman–Crippen MR) is 114 cm³/mol. The van der Waals surface area contributed by atoms with E-state index in [0.29, 0.717) is 31.7 Å². The zero-order valence-electron chi connectivity index (χ0n) is 17.4. The van der Waals surface area contributed by atoms with Gasteiger partial charge in [0.2, 0.25) is 0 Å². The molecule has 0 unspecified atom stereocenters. The smallest absolute Gasteiger partial charge is 0.254 e. The van der Waals surface area contributed by atoms with Crippen LogP contribution >= 0.6 is 0 Å². The maximum atomic E-state index is 13.5. The Morgan fingerprint density at radius 2 is 1.52 bits per heavy atom. The van der Waals surface area contributed by atoms with Crippen molar-refractivity contribution in [3.8, 4) is 0 Å². The first-order chi connectivity index (χ1) is 14.8. The summed E-state index contributed by atoms with van der Waals surface area (Å²) in [7, 11) is 0. The Hall–Kier alpha value is -3.35. The number of halogens is 2. The van der Waals surface area contributed by atoms with Gasteiger partial charge in [0.05, 0.1) is 11.1 Å². The minimum absolute atomic E-state index is 0.0968. The summed E-state index contributed by atoms with van der Waals surface area (Å²) >= 11 is 0. The molecule has 2 heterocycles. The monoisotopic (exact) mass is 423 g/mol. The second kappa shape index (κ2) is 8.41. The number of carbonyl (C=O) groups is 2.